The number of amides is 2. The lowest BCUT2D eigenvalue weighted by Gasteiger charge is -2.36. The van der Waals surface area contributed by atoms with Crippen molar-refractivity contribution in [2.24, 2.45) is 17.8 Å². The third-order valence-electron chi connectivity index (χ3n) is 6.92. The molecule has 5 nitrogen and oxygen atoms in total. The Labute approximate surface area is 162 Å². The number of anilines is 1. The molecule has 4 rings (SSSR count). The van der Waals surface area contributed by atoms with Crippen molar-refractivity contribution in [2.75, 3.05) is 31.1 Å². The zero-order valence-electron chi connectivity index (χ0n) is 16.5. The SMILES string of the molecule is Cc1cccc(N2CCN(C(=O)C(=O)NC(C)C3CC4CCC3C4)CC2)c1. The Kier molecular flexibility index (Phi) is 5.11. The van der Waals surface area contributed by atoms with E-state index in [0.717, 1.165) is 24.9 Å². The van der Waals surface area contributed by atoms with Crippen LogP contribution in [0, 0.1) is 24.7 Å². The van der Waals surface area contributed by atoms with Crippen molar-refractivity contribution in [1.82, 2.24) is 10.2 Å². The molecule has 27 heavy (non-hydrogen) atoms. The molecule has 0 aromatic heterocycles. The Balaban J connectivity index is 1.28. The standard InChI is InChI=1S/C22H31N3O2/c1-15-4-3-5-19(12-15)24-8-10-25(11-9-24)22(27)21(26)23-16(2)20-14-17-6-7-18(20)13-17/h3-5,12,16-18,20H,6-11,13-14H2,1-2H3,(H,23,26). The first-order valence-electron chi connectivity index (χ1n) is 10.4. The number of carbonyl (C=O) groups is 2. The van der Waals surface area contributed by atoms with E-state index in [1.807, 2.05) is 0 Å². The minimum Gasteiger partial charge on any atom is -0.368 e. The minimum atomic E-state index is -0.422. The quantitative estimate of drug-likeness (QED) is 0.833. The number of fused-ring (bicyclic) bond motifs is 2. The summed E-state index contributed by atoms with van der Waals surface area (Å²) < 4.78 is 0. The first-order chi connectivity index (χ1) is 13.0. The van der Waals surface area contributed by atoms with E-state index in [1.165, 1.54) is 36.9 Å². The van der Waals surface area contributed by atoms with Crippen LogP contribution in [0.15, 0.2) is 24.3 Å². The first-order valence-corrected chi connectivity index (χ1v) is 10.4. The summed E-state index contributed by atoms with van der Waals surface area (Å²) in [7, 11) is 0. The van der Waals surface area contributed by atoms with Crippen LogP contribution in [0.2, 0.25) is 0 Å². The molecule has 2 aliphatic carbocycles. The summed E-state index contributed by atoms with van der Waals surface area (Å²) in [6.45, 7) is 6.90. The van der Waals surface area contributed by atoms with Gasteiger partial charge in [0.25, 0.3) is 0 Å². The fraction of sp³-hybridized carbons (Fsp3) is 0.636. The molecule has 1 saturated heterocycles. The summed E-state index contributed by atoms with van der Waals surface area (Å²) in [4.78, 5) is 29.1. The van der Waals surface area contributed by atoms with Crippen LogP contribution in [0.1, 0.15) is 38.2 Å². The van der Waals surface area contributed by atoms with Crippen molar-refractivity contribution >= 4 is 17.5 Å². The summed E-state index contributed by atoms with van der Waals surface area (Å²) in [5, 5.41) is 3.01. The molecular weight excluding hydrogens is 338 g/mol. The number of nitrogens with one attached hydrogen (secondary N) is 1. The van der Waals surface area contributed by atoms with Crippen LogP contribution in [0.4, 0.5) is 5.69 Å². The van der Waals surface area contributed by atoms with E-state index in [4.69, 9.17) is 0 Å². The van der Waals surface area contributed by atoms with Crippen LogP contribution in [0.25, 0.3) is 0 Å². The highest BCUT2D eigenvalue weighted by molar-refractivity contribution is 6.35. The zero-order valence-corrected chi connectivity index (χ0v) is 16.5. The van der Waals surface area contributed by atoms with Gasteiger partial charge in [0.05, 0.1) is 0 Å². The van der Waals surface area contributed by atoms with Crippen LogP contribution in [0.5, 0.6) is 0 Å². The predicted octanol–water partition coefficient (Wildman–Crippen LogP) is 2.58. The monoisotopic (exact) mass is 369 g/mol. The van der Waals surface area contributed by atoms with E-state index < -0.39 is 5.91 Å². The van der Waals surface area contributed by atoms with E-state index >= 15 is 0 Å². The maximum Gasteiger partial charge on any atom is 0.312 e. The molecular formula is C22H31N3O2. The van der Waals surface area contributed by atoms with Gasteiger partial charge in [0.15, 0.2) is 0 Å². The molecule has 146 valence electrons. The molecule has 1 heterocycles. The molecule has 2 bridgehead atoms. The van der Waals surface area contributed by atoms with Gasteiger partial charge in [-0.25, -0.2) is 0 Å². The third kappa shape index (κ3) is 3.83. The lowest BCUT2D eigenvalue weighted by atomic mass is 9.84. The summed E-state index contributed by atoms with van der Waals surface area (Å²) in [6, 6.07) is 8.53. The van der Waals surface area contributed by atoms with Crippen LogP contribution in [0.3, 0.4) is 0 Å². The van der Waals surface area contributed by atoms with Gasteiger partial charge in [0.1, 0.15) is 0 Å². The fourth-order valence-electron chi connectivity index (χ4n) is 5.42. The highest BCUT2D eigenvalue weighted by Crippen LogP contribution is 2.49. The van der Waals surface area contributed by atoms with Gasteiger partial charge in [0, 0.05) is 37.9 Å². The third-order valence-corrected chi connectivity index (χ3v) is 6.92. The molecule has 3 aliphatic rings. The summed E-state index contributed by atoms with van der Waals surface area (Å²) in [5.41, 5.74) is 2.43. The van der Waals surface area contributed by atoms with Crippen molar-refractivity contribution in [3.63, 3.8) is 0 Å². The Bertz CT molecular complexity index is 711. The number of carbonyl (C=O) groups excluding carboxylic acids is 2. The van der Waals surface area contributed by atoms with Gasteiger partial charge in [0.2, 0.25) is 0 Å². The molecule has 1 aromatic rings. The smallest absolute Gasteiger partial charge is 0.312 e. The number of hydrogen-bond donors (Lipinski definition) is 1. The highest BCUT2D eigenvalue weighted by Gasteiger charge is 2.42. The van der Waals surface area contributed by atoms with Gasteiger partial charge >= 0.3 is 11.8 Å². The second-order valence-corrected chi connectivity index (χ2v) is 8.72. The lowest BCUT2D eigenvalue weighted by molar-refractivity contribution is -0.146. The Hall–Kier alpha value is -2.04. The van der Waals surface area contributed by atoms with Gasteiger partial charge in [-0.3, -0.25) is 9.59 Å². The van der Waals surface area contributed by atoms with Crippen molar-refractivity contribution in [1.29, 1.82) is 0 Å². The zero-order chi connectivity index (χ0) is 19.0. The number of piperazine rings is 1. The van der Waals surface area contributed by atoms with Crippen LogP contribution >= 0.6 is 0 Å². The number of benzene rings is 1. The first kappa shape index (κ1) is 18.3. The van der Waals surface area contributed by atoms with E-state index in [0.29, 0.717) is 19.0 Å². The lowest BCUT2D eigenvalue weighted by Crippen LogP contribution is -2.54. The summed E-state index contributed by atoms with van der Waals surface area (Å²) >= 11 is 0. The largest absolute Gasteiger partial charge is 0.368 e. The second-order valence-electron chi connectivity index (χ2n) is 8.72. The molecule has 1 aliphatic heterocycles. The molecule has 1 aromatic carbocycles. The molecule has 3 fully saturated rings. The number of rotatable bonds is 3. The van der Waals surface area contributed by atoms with Crippen molar-refractivity contribution in [2.45, 2.75) is 45.6 Å². The average molecular weight is 370 g/mol. The van der Waals surface area contributed by atoms with Crippen LogP contribution in [-0.4, -0.2) is 48.9 Å². The van der Waals surface area contributed by atoms with E-state index in [2.05, 4.69) is 48.3 Å². The molecule has 2 saturated carbocycles. The Morgan fingerprint density at radius 1 is 1.11 bits per heavy atom. The summed E-state index contributed by atoms with van der Waals surface area (Å²) in [6.07, 6.45) is 5.19. The highest BCUT2D eigenvalue weighted by atomic mass is 16.2. The molecule has 1 N–H and O–H groups in total. The van der Waals surface area contributed by atoms with Gasteiger partial charge in [-0.1, -0.05) is 18.6 Å². The Morgan fingerprint density at radius 3 is 2.52 bits per heavy atom. The maximum atomic E-state index is 12.6. The molecule has 5 heteroatoms. The number of aryl methyl sites for hydroxylation is 1. The molecule has 4 atom stereocenters. The normalized spacial score (nSPS) is 28.3. The average Bonchev–Trinajstić information content (AvgIpc) is 3.31. The van der Waals surface area contributed by atoms with E-state index in [1.54, 1.807) is 4.90 Å². The van der Waals surface area contributed by atoms with Gasteiger partial charge in [-0.15, -0.1) is 0 Å². The van der Waals surface area contributed by atoms with Crippen molar-refractivity contribution in [3.05, 3.63) is 29.8 Å². The van der Waals surface area contributed by atoms with E-state index in [9.17, 15) is 9.59 Å². The van der Waals surface area contributed by atoms with Crippen LogP contribution < -0.4 is 10.2 Å². The second kappa shape index (κ2) is 7.53. The number of nitrogens with zero attached hydrogens (tertiary/aromatic N) is 2. The maximum absolute atomic E-state index is 12.6. The van der Waals surface area contributed by atoms with Gasteiger partial charge in [-0.2, -0.15) is 0 Å². The van der Waals surface area contributed by atoms with Crippen LogP contribution in [-0.2, 0) is 9.59 Å². The Morgan fingerprint density at radius 2 is 1.89 bits per heavy atom. The van der Waals surface area contributed by atoms with Crippen molar-refractivity contribution in [3.8, 4) is 0 Å². The van der Waals surface area contributed by atoms with Gasteiger partial charge < -0.3 is 15.1 Å². The fourth-order valence-corrected chi connectivity index (χ4v) is 5.42. The molecule has 2 amide bonds. The minimum absolute atomic E-state index is 0.102. The van der Waals surface area contributed by atoms with E-state index in [-0.39, 0.29) is 11.9 Å². The molecule has 4 unspecified atom stereocenters. The summed E-state index contributed by atoms with van der Waals surface area (Å²) in [5.74, 6) is 1.37. The van der Waals surface area contributed by atoms with Crippen molar-refractivity contribution < 1.29 is 9.59 Å². The topological polar surface area (TPSA) is 52.7 Å². The predicted molar refractivity (Wildman–Crippen MR) is 107 cm³/mol. The number of hydrogen-bond acceptors (Lipinski definition) is 3. The van der Waals surface area contributed by atoms with Gasteiger partial charge in [-0.05, 0) is 68.6 Å². The molecule has 0 radical (unpaired) electrons. The molecule has 0 spiro atoms.